The molecule has 1 saturated heterocycles. The molecule has 6 nitrogen and oxygen atoms in total. The summed E-state index contributed by atoms with van der Waals surface area (Å²) in [5.41, 5.74) is 0.500. The Bertz CT molecular complexity index is 976. The van der Waals surface area contributed by atoms with Crippen molar-refractivity contribution in [3.63, 3.8) is 0 Å². The van der Waals surface area contributed by atoms with Crippen molar-refractivity contribution in [2.24, 2.45) is 0 Å². The van der Waals surface area contributed by atoms with E-state index in [1.165, 1.54) is 49.2 Å². The topological polar surface area (TPSA) is 69.7 Å². The van der Waals surface area contributed by atoms with E-state index in [0.29, 0.717) is 12.1 Å². The highest BCUT2D eigenvalue weighted by atomic mass is 35.5. The molecule has 0 radical (unpaired) electrons. The molecule has 2 aromatic rings. The zero-order valence-electron chi connectivity index (χ0n) is 16.4. The highest BCUT2D eigenvalue weighted by Crippen LogP contribution is 2.30. The molecule has 30 heavy (non-hydrogen) atoms. The predicted molar refractivity (Wildman–Crippen MR) is 114 cm³/mol. The van der Waals surface area contributed by atoms with Crippen molar-refractivity contribution in [3.05, 3.63) is 65.0 Å². The van der Waals surface area contributed by atoms with E-state index in [1.807, 2.05) is 0 Å². The number of imide groups is 1. The molecule has 0 bridgehead atoms. The number of nitrogens with zero attached hydrogens (tertiary/aromatic N) is 2. The van der Waals surface area contributed by atoms with Crippen molar-refractivity contribution in [3.8, 4) is 0 Å². The summed E-state index contributed by atoms with van der Waals surface area (Å²) in [7, 11) is 0. The molecule has 0 aromatic heterocycles. The lowest BCUT2D eigenvalue weighted by Gasteiger charge is -2.14. The van der Waals surface area contributed by atoms with Gasteiger partial charge in [-0.1, -0.05) is 12.1 Å². The Kier molecular flexibility index (Phi) is 6.84. The average Bonchev–Trinajstić information content (AvgIpc) is 3.33. The molecule has 4 rings (SSSR count). The number of fused-ring (bicyclic) bond motifs is 1. The second kappa shape index (κ2) is 9.36. The van der Waals surface area contributed by atoms with Crippen LogP contribution in [0, 0.1) is 5.82 Å². The van der Waals surface area contributed by atoms with Crippen LogP contribution in [0.25, 0.3) is 0 Å². The molecule has 0 aliphatic carbocycles. The van der Waals surface area contributed by atoms with E-state index in [0.717, 1.165) is 31.0 Å². The van der Waals surface area contributed by atoms with Crippen molar-refractivity contribution in [2.75, 3.05) is 31.1 Å². The van der Waals surface area contributed by atoms with Gasteiger partial charge in [-0.2, -0.15) is 0 Å². The summed E-state index contributed by atoms with van der Waals surface area (Å²) in [6, 6.07) is 10.0. The van der Waals surface area contributed by atoms with Gasteiger partial charge in [-0.25, -0.2) is 9.29 Å². The molecule has 2 aliphatic heterocycles. The Morgan fingerprint density at radius 1 is 1.00 bits per heavy atom. The minimum atomic E-state index is -0.655. The first-order valence-electron chi connectivity index (χ1n) is 9.84. The highest BCUT2D eigenvalue weighted by molar-refractivity contribution is 6.34. The minimum Gasteiger partial charge on any atom is -0.352 e. The molecule has 1 fully saturated rings. The summed E-state index contributed by atoms with van der Waals surface area (Å²) in [4.78, 5) is 41.0. The van der Waals surface area contributed by atoms with Gasteiger partial charge in [0.1, 0.15) is 5.82 Å². The molecule has 1 N–H and O–H groups in total. The van der Waals surface area contributed by atoms with Crippen LogP contribution in [-0.2, 0) is 0 Å². The van der Waals surface area contributed by atoms with Gasteiger partial charge in [0.25, 0.3) is 17.7 Å². The number of likely N-dealkylation sites (tertiary alicyclic amines) is 1. The van der Waals surface area contributed by atoms with Crippen LogP contribution in [0.5, 0.6) is 0 Å². The number of hydrogen-bond donors (Lipinski definition) is 1. The second-order valence-electron chi connectivity index (χ2n) is 7.32. The molecule has 2 aromatic carbocycles. The Balaban J connectivity index is 0.00000256. The fourth-order valence-corrected chi connectivity index (χ4v) is 3.85. The number of halogens is 2. The predicted octanol–water partition coefficient (Wildman–Crippen LogP) is 3.26. The maximum atomic E-state index is 14.1. The number of nitrogens with one attached hydrogen (secondary N) is 1. The number of hydrogen-bond acceptors (Lipinski definition) is 4. The number of carbonyl (C=O) groups excluding carboxylic acids is 3. The summed E-state index contributed by atoms with van der Waals surface area (Å²) in [5, 5.41) is 2.86. The van der Waals surface area contributed by atoms with E-state index >= 15 is 0 Å². The van der Waals surface area contributed by atoms with Crippen molar-refractivity contribution in [1.82, 2.24) is 10.2 Å². The monoisotopic (exact) mass is 431 g/mol. The molecule has 2 aliphatic rings. The lowest BCUT2D eigenvalue weighted by atomic mass is 10.1. The summed E-state index contributed by atoms with van der Waals surface area (Å²) in [6.45, 7) is 3.73. The van der Waals surface area contributed by atoms with Crippen LogP contribution in [-0.4, -0.2) is 48.8 Å². The zero-order chi connectivity index (χ0) is 20.4. The van der Waals surface area contributed by atoms with Crippen LogP contribution in [0.2, 0.25) is 0 Å². The van der Waals surface area contributed by atoms with E-state index in [2.05, 4.69) is 10.2 Å². The quantitative estimate of drug-likeness (QED) is 0.563. The molecule has 0 unspecified atom stereocenters. The van der Waals surface area contributed by atoms with E-state index < -0.39 is 17.6 Å². The van der Waals surface area contributed by atoms with Gasteiger partial charge in [-0.3, -0.25) is 14.4 Å². The van der Waals surface area contributed by atoms with Crippen molar-refractivity contribution in [2.45, 2.75) is 19.3 Å². The third-order valence-corrected chi connectivity index (χ3v) is 5.38. The van der Waals surface area contributed by atoms with Crippen LogP contribution in [0.3, 0.4) is 0 Å². The largest absolute Gasteiger partial charge is 0.352 e. The first-order valence-corrected chi connectivity index (χ1v) is 9.84. The summed E-state index contributed by atoms with van der Waals surface area (Å²) in [5.74, 6) is -2.16. The van der Waals surface area contributed by atoms with Gasteiger partial charge in [0.05, 0.1) is 16.8 Å². The number of carbonyl (C=O) groups is 3. The Morgan fingerprint density at radius 2 is 1.70 bits per heavy atom. The summed E-state index contributed by atoms with van der Waals surface area (Å²) < 4.78 is 14.1. The minimum absolute atomic E-state index is 0. The highest BCUT2D eigenvalue weighted by Gasteiger charge is 2.38. The van der Waals surface area contributed by atoms with Crippen LogP contribution >= 0.6 is 12.4 Å². The Morgan fingerprint density at radius 3 is 2.43 bits per heavy atom. The first kappa shape index (κ1) is 21.9. The van der Waals surface area contributed by atoms with Crippen LogP contribution in [0.15, 0.2) is 42.5 Å². The van der Waals surface area contributed by atoms with Crippen LogP contribution < -0.4 is 10.2 Å². The Labute approximate surface area is 180 Å². The molecule has 0 atom stereocenters. The smallest absolute Gasteiger partial charge is 0.266 e. The average molecular weight is 432 g/mol. The van der Waals surface area contributed by atoms with Gasteiger partial charge in [-0.15, -0.1) is 12.4 Å². The maximum absolute atomic E-state index is 14.1. The molecule has 0 saturated carbocycles. The summed E-state index contributed by atoms with van der Waals surface area (Å²) in [6.07, 6.45) is 3.32. The number of rotatable bonds is 6. The zero-order valence-corrected chi connectivity index (χ0v) is 17.2. The SMILES string of the molecule is Cl.O=C(NCCCN1CCCC1)c1ccc2c(c1)C(=O)N(c1ccccc1F)C2=O. The van der Waals surface area contributed by atoms with E-state index in [9.17, 15) is 18.8 Å². The Hall–Kier alpha value is -2.77. The molecule has 3 amide bonds. The second-order valence-corrected chi connectivity index (χ2v) is 7.32. The molecule has 158 valence electrons. The molecular formula is C22H23ClFN3O3. The summed E-state index contributed by atoms with van der Waals surface area (Å²) >= 11 is 0. The fraction of sp³-hybridized carbons (Fsp3) is 0.318. The van der Waals surface area contributed by atoms with E-state index in [1.54, 1.807) is 6.07 Å². The molecule has 0 spiro atoms. The standard InChI is InChI=1S/C22H22FN3O3.ClH/c23-18-6-1-2-7-19(18)26-21(28)16-9-8-15(14-17(16)22(26)29)20(27)24-10-5-13-25-11-3-4-12-25;/h1-2,6-9,14H,3-5,10-13H2,(H,24,27);1H. The molecular weight excluding hydrogens is 409 g/mol. The van der Waals surface area contributed by atoms with Gasteiger partial charge < -0.3 is 10.2 Å². The normalized spacial score (nSPS) is 15.8. The van der Waals surface area contributed by atoms with Gasteiger partial charge in [0.15, 0.2) is 0 Å². The van der Waals surface area contributed by atoms with Gasteiger partial charge >= 0.3 is 0 Å². The first-order chi connectivity index (χ1) is 14.1. The van der Waals surface area contributed by atoms with Gasteiger partial charge in [0.2, 0.25) is 0 Å². The fourth-order valence-electron chi connectivity index (χ4n) is 3.85. The van der Waals surface area contributed by atoms with Crippen molar-refractivity contribution in [1.29, 1.82) is 0 Å². The molecule has 2 heterocycles. The number of amides is 3. The third-order valence-electron chi connectivity index (χ3n) is 5.38. The van der Waals surface area contributed by atoms with E-state index in [-0.39, 0.29) is 35.1 Å². The van der Waals surface area contributed by atoms with Gasteiger partial charge in [0, 0.05) is 12.1 Å². The van der Waals surface area contributed by atoms with Crippen LogP contribution in [0.4, 0.5) is 10.1 Å². The number of anilines is 1. The van der Waals surface area contributed by atoms with Gasteiger partial charge in [-0.05, 0) is 69.2 Å². The molecule has 8 heteroatoms. The lowest BCUT2D eigenvalue weighted by molar-refractivity contribution is 0.0922. The maximum Gasteiger partial charge on any atom is 0.266 e. The third kappa shape index (κ3) is 4.22. The van der Waals surface area contributed by atoms with Crippen LogP contribution in [0.1, 0.15) is 50.3 Å². The number of para-hydroxylation sites is 1. The number of benzene rings is 2. The van der Waals surface area contributed by atoms with E-state index in [4.69, 9.17) is 0 Å². The van der Waals surface area contributed by atoms with Crippen molar-refractivity contribution >= 4 is 35.8 Å². The van der Waals surface area contributed by atoms with Crippen molar-refractivity contribution < 1.29 is 18.8 Å². The lowest BCUT2D eigenvalue weighted by Crippen LogP contribution is -2.30.